The largest absolute Gasteiger partial charge is 0.461 e. The van der Waals surface area contributed by atoms with Crippen molar-refractivity contribution in [1.82, 2.24) is 0 Å². The van der Waals surface area contributed by atoms with Crippen LogP contribution in [0.5, 0.6) is 0 Å². The Kier molecular flexibility index (Phi) is 3.33. The maximum Gasteiger partial charge on any atom is 0.134 e. The molecule has 0 bridgehead atoms. The summed E-state index contributed by atoms with van der Waals surface area (Å²) >= 11 is 0. The number of furan rings is 1. The van der Waals surface area contributed by atoms with Crippen molar-refractivity contribution in [2.45, 2.75) is 26.3 Å². The van der Waals surface area contributed by atoms with E-state index >= 15 is 0 Å². The molecule has 0 fully saturated rings. The first-order valence-corrected chi connectivity index (χ1v) is 7.03. The van der Waals surface area contributed by atoms with E-state index in [9.17, 15) is 0 Å². The van der Waals surface area contributed by atoms with E-state index in [2.05, 4.69) is 44.2 Å². The van der Waals surface area contributed by atoms with Crippen LogP contribution in [0.2, 0.25) is 0 Å². The van der Waals surface area contributed by atoms with Gasteiger partial charge in [-0.3, -0.25) is 0 Å². The molecule has 0 saturated heterocycles. The third kappa shape index (κ3) is 2.12. The van der Waals surface area contributed by atoms with Crippen molar-refractivity contribution in [2.75, 3.05) is 0 Å². The van der Waals surface area contributed by atoms with E-state index in [-0.39, 0.29) is 6.04 Å². The Morgan fingerprint density at radius 3 is 2.65 bits per heavy atom. The zero-order valence-corrected chi connectivity index (χ0v) is 11.9. The van der Waals surface area contributed by atoms with Crippen LogP contribution >= 0.6 is 0 Å². The minimum atomic E-state index is -0.145. The van der Waals surface area contributed by atoms with Crippen molar-refractivity contribution in [3.8, 4) is 0 Å². The minimum Gasteiger partial charge on any atom is -0.461 e. The fraction of sp³-hybridized carbons (Fsp3) is 0.222. The second kappa shape index (κ2) is 5.14. The lowest BCUT2D eigenvalue weighted by Crippen LogP contribution is -2.13. The molecule has 0 saturated carbocycles. The summed E-state index contributed by atoms with van der Waals surface area (Å²) in [6.07, 6.45) is 0.851. The zero-order chi connectivity index (χ0) is 14.1. The number of aryl methyl sites for hydroxylation is 2. The van der Waals surface area contributed by atoms with E-state index in [1.165, 1.54) is 5.56 Å². The molecule has 20 heavy (non-hydrogen) atoms. The Hall–Kier alpha value is -2.06. The monoisotopic (exact) mass is 265 g/mol. The molecule has 0 spiro atoms. The van der Waals surface area contributed by atoms with Crippen molar-refractivity contribution in [1.29, 1.82) is 0 Å². The fourth-order valence-electron chi connectivity index (χ4n) is 2.75. The third-order valence-corrected chi connectivity index (χ3v) is 3.74. The second-order valence-electron chi connectivity index (χ2n) is 5.18. The van der Waals surface area contributed by atoms with Gasteiger partial charge in [0, 0.05) is 17.4 Å². The molecule has 2 aromatic carbocycles. The topological polar surface area (TPSA) is 39.2 Å². The number of benzene rings is 2. The Morgan fingerprint density at radius 2 is 1.90 bits per heavy atom. The summed E-state index contributed by atoms with van der Waals surface area (Å²) in [5.74, 6) is 0.986. The van der Waals surface area contributed by atoms with Crippen LogP contribution in [-0.4, -0.2) is 0 Å². The van der Waals surface area contributed by atoms with Gasteiger partial charge >= 0.3 is 0 Å². The Morgan fingerprint density at radius 1 is 1.10 bits per heavy atom. The van der Waals surface area contributed by atoms with Crippen LogP contribution in [0.25, 0.3) is 11.0 Å². The SMILES string of the molecule is CCc1oc2ccccc2c1C(N)c1cccc(C)c1. The molecule has 0 aliphatic carbocycles. The highest BCUT2D eigenvalue weighted by Crippen LogP contribution is 2.33. The van der Waals surface area contributed by atoms with E-state index in [0.717, 1.165) is 34.3 Å². The lowest BCUT2D eigenvalue weighted by atomic mass is 9.95. The van der Waals surface area contributed by atoms with E-state index in [0.29, 0.717) is 0 Å². The van der Waals surface area contributed by atoms with Gasteiger partial charge in [0.25, 0.3) is 0 Å². The summed E-state index contributed by atoms with van der Waals surface area (Å²) in [6, 6.07) is 16.3. The second-order valence-corrected chi connectivity index (χ2v) is 5.18. The lowest BCUT2D eigenvalue weighted by Gasteiger charge is -2.13. The van der Waals surface area contributed by atoms with E-state index in [4.69, 9.17) is 10.2 Å². The van der Waals surface area contributed by atoms with Crippen molar-refractivity contribution in [2.24, 2.45) is 5.73 Å². The predicted molar refractivity (Wildman–Crippen MR) is 82.8 cm³/mol. The van der Waals surface area contributed by atoms with E-state index in [1.807, 2.05) is 18.2 Å². The summed E-state index contributed by atoms with van der Waals surface area (Å²) in [5, 5.41) is 1.12. The number of rotatable bonds is 3. The molecule has 1 atom stereocenters. The minimum absolute atomic E-state index is 0.145. The van der Waals surface area contributed by atoms with Crippen LogP contribution < -0.4 is 5.73 Å². The third-order valence-electron chi connectivity index (χ3n) is 3.74. The molecule has 0 radical (unpaired) electrons. The van der Waals surface area contributed by atoms with Crippen LogP contribution in [0, 0.1) is 6.92 Å². The maximum absolute atomic E-state index is 6.51. The number of nitrogens with two attached hydrogens (primary N) is 1. The number of hydrogen-bond donors (Lipinski definition) is 1. The average Bonchev–Trinajstić information content (AvgIpc) is 2.85. The van der Waals surface area contributed by atoms with Crippen LogP contribution in [0.4, 0.5) is 0 Å². The first kappa shape index (κ1) is 12.9. The van der Waals surface area contributed by atoms with E-state index in [1.54, 1.807) is 0 Å². The van der Waals surface area contributed by atoms with Gasteiger partial charge in [0.2, 0.25) is 0 Å². The summed E-state index contributed by atoms with van der Waals surface area (Å²) in [6.45, 7) is 4.19. The molecule has 0 aliphatic rings. The summed E-state index contributed by atoms with van der Waals surface area (Å²) in [7, 11) is 0. The molecule has 3 aromatic rings. The molecule has 1 unspecified atom stereocenters. The quantitative estimate of drug-likeness (QED) is 0.764. The van der Waals surface area contributed by atoms with Crippen LogP contribution in [0.3, 0.4) is 0 Å². The van der Waals surface area contributed by atoms with Gasteiger partial charge in [0.15, 0.2) is 0 Å². The molecule has 2 N–H and O–H groups in total. The maximum atomic E-state index is 6.51. The van der Waals surface area contributed by atoms with Gasteiger partial charge in [0.05, 0.1) is 6.04 Å². The molecular weight excluding hydrogens is 246 g/mol. The zero-order valence-electron chi connectivity index (χ0n) is 11.9. The molecule has 1 aromatic heterocycles. The van der Waals surface area contributed by atoms with Gasteiger partial charge in [0.1, 0.15) is 11.3 Å². The smallest absolute Gasteiger partial charge is 0.134 e. The first-order chi connectivity index (χ1) is 9.70. The Balaban J connectivity index is 2.17. The highest BCUT2D eigenvalue weighted by molar-refractivity contribution is 5.83. The Labute approximate surface area is 119 Å². The van der Waals surface area contributed by atoms with Crippen LogP contribution in [0.15, 0.2) is 52.9 Å². The fourth-order valence-corrected chi connectivity index (χ4v) is 2.75. The first-order valence-electron chi connectivity index (χ1n) is 7.03. The molecule has 1 heterocycles. The van der Waals surface area contributed by atoms with Crippen molar-refractivity contribution >= 4 is 11.0 Å². The van der Waals surface area contributed by atoms with E-state index < -0.39 is 0 Å². The lowest BCUT2D eigenvalue weighted by molar-refractivity contribution is 0.546. The molecule has 102 valence electrons. The van der Waals surface area contributed by atoms with Gasteiger partial charge in [-0.2, -0.15) is 0 Å². The summed E-state index contributed by atoms with van der Waals surface area (Å²) < 4.78 is 5.94. The molecule has 0 amide bonds. The summed E-state index contributed by atoms with van der Waals surface area (Å²) in [4.78, 5) is 0. The van der Waals surface area contributed by atoms with Gasteiger partial charge in [-0.1, -0.05) is 55.0 Å². The molecule has 2 nitrogen and oxygen atoms in total. The van der Waals surface area contributed by atoms with Gasteiger partial charge < -0.3 is 10.2 Å². The Bertz CT molecular complexity index is 742. The normalized spacial score (nSPS) is 12.8. The number of para-hydroxylation sites is 1. The highest BCUT2D eigenvalue weighted by atomic mass is 16.3. The van der Waals surface area contributed by atoms with Crippen molar-refractivity contribution < 1.29 is 4.42 Å². The highest BCUT2D eigenvalue weighted by Gasteiger charge is 2.20. The average molecular weight is 265 g/mol. The van der Waals surface area contributed by atoms with Crippen LogP contribution in [-0.2, 0) is 6.42 Å². The van der Waals surface area contributed by atoms with Gasteiger partial charge in [-0.05, 0) is 18.6 Å². The van der Waals surface area contributed by atoms with Crippen LogP contribution in [0.1, 0.15) is 35.4 Å². The number of hydrogen-bond acceptors (Lipinski definition) is 2. The number of fused-ring (bicyclic) bond motifs is 1. The summed E-state index contributed by atoms with van der Waals surface area (Å²) in [5.41, 5.74) is 10.9. The molecule has 2 heteroatoms. The molecular formula is C18H19NO. The van der Waals surface area contributed by atoms with Gasteiger partial charge in [-0.15, -0.1) is 0 Å². The molecule has 3 rings (SSSR count). The standard InChI is InChI=1S/C18H19NO/c1-3-15-17(14-9-4-5-10-16(14)20-15)18(19)13-8-6-7-12(2)11-13/h4-11,18H,3,19H2,1-2H3. The van der Waals surface area contributed by atoms with Crippen molar-refractivity contribution in [3.63, 3.8) is 0 Å². The van der Waals surface area contributed by atoms with Gasteiger partial charge in [-0.25, -0.2) is 0 Å². The predicted octanol–water partition coefficient (Wildman–Crippen LogP) is 4.35. The van der Waals surface area contributed by atoms with Crippen molar-refractivity contribution in [3.05, 3.63) is 71.0 Å². The molecule has 0 aliphatic heterocycles.